The van der Waals surface area contributed by atoms with Crippen molar-refractivity contribution in [2.24, 2.45) is 5.10 Å². The summed E-state index contributed by atoms with van der Waals surface area (Å²) in [7, 11) is 0. The molecule has 0 spiro atoms. The van der Waals surface area contributed by atoms with Crippen molar-refractivity contribution in [3.63, 3.8) is 0 Å². The van der Waals surface area contributed by atoms with Gasteiger partial charge in [0.05, 0.1) is 10.6 Å². The molecule has 0 saturated heterocycles. The molecule has 0 fully saturated rings. The number of aryl methyl sites for hydroxylation is 1. The molecule has 0 unspecified atom stereocenters. The van der Waals surface area contributed by atoms with E-state index in [-0.39, 0.29) is 17.0 Å². The first-order valence-corrected chi connectivity index (χ1v) is 6.77. The third-order valence-corrected chi connectivity index (χ3v) is 3.28. The van der Waals surface area contributed by atoms with Gasteiger partial charge in [0.25, 0.3) is 11.6 Å². The van der Waals surface area contributed by atoms with Gasteiger partial charge < -0.3 is 5.11 Å². The third-order valence-electron chi connectivity index (χ3n) is 3.28. The van der Waals surface area contributed by atoms with E-state index < -0.39 is 10.8 Å². The molecule has 0 aliphatic rings. The topological polar surface area (TPSA) is 105 Å². The number of benzene rings is 2. The van der Waals surface area contributed by atoms with E-state index in [9.17, 15) is 20.0 Å². The molecule has 7 heteroatoms. The van der Waals surface area contributed by atoms with Gasteiger partial charge in [-0.05, 0) is 49.7 Å². The molecular formula is C16H15N3O4. The molecule has 23 heavy (non-hydrogen) atoms. The molecular weight excluding hydrogens is 298 g/mol. The third kappa shape index (κ3) is 3.91. The molecule has 0 saturated carbocycles. The lowest BCUT2D eigenvalue weighted by Crippen LogP contribution is -2.19. The maximum Gasteiger partial charge on any atom is 0.273 e. The zero-order valence-electron chi connectivity index (χ0n) is 12.6. The predicted molar refractivity (Wildman–Crippen MR) is 85.6 cm³/mol. The summed E-state index contributed by atoms with van der Waals surface area (Å²) < 4.78 is 0. The highest BCUT2D eigenvalue weighted by atomic mass is 16.6. The van der Waals surface area contributed by atoms with Gasteiger partial charge >= 0.3 is 0 Å². The largest absolute Gasteiger partial charge is 0.508 e. The fourth-order valence-electron chi connectivity index (χ4n) is 1.91. The highest BCUT2D eigenvalue weighted by molar-refractivity contribution is 6.01. The Morgan fingerprint density at radius 3 is 2.39 bits per heavy atom. The Morgan fingerprint density at radius 2 is 1.78 bits per heavy atom. The Balaban J connectivity index is 2.16. The molecule has 2 aromatic rings. The number of aromatic hydroxyl groups is 1. The number of nitrogens with zero attached hydrogens (tertiary/aromatic N) is 2. The van der Waals surface area contributed by atoms with Gasteiger partial charge in [-0.2, -0.15) is 5.10 Å². The minimum Gasteiger partial charge on any atom is -0.508 e. The molecule has 0 radical (unpaired) electrons. The Bertz CT molecular complexity index is 782. The Hall–Kier alpha value is -3.22. The molecule has 0 atom stereocenters. The summed E-state index contributed by atoms with van der Waals surface area (Å²) in [4.78, 5) is 22.4. The van der Waals surface area contributed by atoms with Gasteiger partial charge in [0.15, 0.2) is 0 Å². The molecule has 7 nitrogen and oxygen atoms in total. The summed E-state index contributed by atoms with van der Waals surface area (Å²) in [6.45, 7) is 3.30. The summed E-state index contributed by atoms with van der Waals surface area (Å²) in [5, 5.41) is 24.1. The first kappa shape index (κ1) is 16.2. The van der Waals surface area contributed by atoms with Crippen molar-refractivity contribution in [1.29, 1.82) is 0 Å². The van der Waals surface area contributed by atoms with Crippen molar-refractivity contribution >= 4 is 17.3 Å². The van der Waals surface area contributed by atoms with Gasteiger partial charge in [0.1, 0.15) is 5.75 Å². The van der Waals surface area contributed by atoms with E-state index in [4.69, 9.17) is 0 Å². The van der Waals surface area contributed by atoms with Crippen LogP contribution < -0.4 is 5.43 Å². The van der Waals surface area contributed by atoms with Gasteiger partial charge in [-0.1, -0.05) is 6.07 Å². The lowest BCUT2D eigenvalue weighted by atomic mass is 10.1. The standard InChI is InChI=1S/C16H15N3O4/c1-10-3-4-13(9-15(10)19(22)23)16(21)18-17-11(2)12-5-7-14(20)8-6-12/h3-9,20H,1-2H3,(H,18,21). The number of rotatable bonds is 4. The van der Waals surface area contributed by atoms with Crippen LogP contribution in [0.5, 0.6) is 5.75 Å². The van der Waals surface area contributed by atoms with Crippen LogP contribution in [0.4, 0.5) is 5.69 Å². The Morgan fingerprint density at radius 1 is 1.17 bits per heavy atom. The Kier molecular flexibility index (Phi) is 4.70. The fraction of sp³-hybridized carbons (Fsp3) is 0.125. The van der Waals surface area contributed by atoms with Gasteiger partial charge in [0.2, 0.25) is 0 Å². The number of hydrogen-bond donors (Lipinski definition) is 2. The Labute approximate surface area is 132 Å². The van der Waals surface area contributed by atoms with Crippen molar-refractivity contribution in [3.8, 4) is 5.75 Å². The second-order valence-electron chi connectivity index (χ2n) is 4.94. The molecule has 0 aliphatic carbocycles. The molecule has 2 N–H and O–H groups in total. The number of nitrogens with one attached hydrogen (secondary N) is 1. The van der Waals surface area contributed by atoms with Crippen LogP contribution in [0.3, 0.4) is 0 Å². The number of carbonyl (C=O) groups is 1. The van der Waals surface area contributed by atoms with E-state index in [1.807, 2.05) is 0 Å². The van der Waals surface area contributed by atoms with E-state index in [1.54, 1.807) is 26.0 Å². The van der Waals surface area contributed by atoms with Crippen LogP contribution in [0.1, 0.15) is 28.4 Å². The van der Waals surface area contributed by atoms with Gasteiger partial charge in [-0.25, -0.2) is 5.43 Å². The zero-order chi connectivity index (χ0) is 17.0. The second kappa shape index (κ2) is 6.69. The SMILES string of the molecule is CC(=NNC(=O)c1ccc(C)c([N+](=O)[O-])c1)c1ccc(O)cc1. The highest BCUT2D eigenvalue weighted by Gasteiger charge is 2.14. The number of amides is 1. The number of hydrazone groups is 1. The maximum atomic E-state index is 12.0. The van der Waals surface area contributed by atoms with E-state index in [1.165, 1.54) is 30.3 Å². The maximum absolute atomic E-state index is 12.0. The zero-order valence-corrected chi connectivity index (χ0v) is 12.6. The number of phenols is 1. The molecule has 0 aliphatic heterocycles. The average molecular weight is 313 g/mol. The second-order valence-corrected chi connectivity index (χ2v) is 4.94. The summed E-state index contributed by atoms with van der Waals surface area (Å²) in [5.41, 5.74) is 4.16. The fourth-order valence-corrected chi connectivity index (χ4v) is 1.91. The van der Waals surface area contributed by atoms with Gasteiger partial charge in [-0.15, -0.1) is 0 Å². The normalized spacial score (nSPS) is 11.1. The first-order chi connectivity index (χ1) is 10.9. The molecule has 0 heterocycles. The van der Waals surface area contributed by atoms with E-state index in [0.29, 0.717) is 11.3 Å². The van der Waals surface area contributed by atoms with Crippen molar-refractivity contribution in [3.05, 3.63) is 69.3 Å². The monoisotopic (exact) mass is 313 g/mol. The van der Waals surface area contributed by atoms with Gasteiger partial charge in [0, 0.05) is 17.2 Å². The number of hydrogen-bond acceptors (Lipinski definition) is 5. The lowest BCUT2D eigenvalue weighted by molar-refractivity contribution is -0.385. The van der Waals surface area contributed by atoms with Crippen LogP contribution >= 0.6 is 0 Å². The van der Waals surface area contributed by atoms with Crippen molar-refractivity contribution in [2.75, 3.05) is 0 Å². The van der Waals surface area contributed by atoms with E-state index in [0.717, 1.165) is 5.56 Å². The van der Waals surface area contributed by atoms with Crippen LogP contribution in [0, 0.1) is 17.0 Å². The molecule has 1 amide bonds. The first-order valence-electron chi connectivity index (χ1n) is 6.77. The highest BCUT2D eigenvalue weighted by Crippen LogP contribution is 2.19. The summed E-state index contributed by atoms with van der Waals surface area (Å²) in [6, 6.07) is 10.6. The summed E-state index contributed by atoms with van der Waals surface area (Å²) in [6.07, 6.45) is 0. The number of nitro benzene ring substituents is 1. The predicted octanol–water partition coefficient (Wildman–Crippen LogP) is 2.76. The summed E-state index contributed by atoms with van der Waals surface area (Å²) in [5.74, 6) is -0.399. The van der Waals surface area contributed by atoms with Crippen molar-refractivity contribution in [2.45, 2.75) is 13.8 Å². The van der Waals surface area contributed by atoms with E-state index in [2.05, 4.69) is 10.5 Å². The van der Waals surface area contributed by atoms with Crippen molar-refractivity contribution < 1.29 is 14.8 Å². The molecule has 2 aromatic carbocycles. The molecule has 0 bridgehead atoms. The van der Waals surface area contributed by atoms with Crippen molar-refractivity contribution in [1.82, 2.24) is 5.43 Å². The number of phenolic OH excluding ortho intramolecular Hbond substituents is 1. The smallest absolute Gasteiger partial charge is 0.273 e. The van der Waals surface area contributed by atoms with Crippen LogP contribution in [0.2, 0.25) is 0 Å². The molecule has 0 aromatic heterocycles. The minimum absolute atomic E-state index is 0.114. The summed E-state index contributed by atoms with van der Waals surface area (Å²) >= 11 is 0. The lowest BCUT2D eigenvalue weighted by Gasteiger charge is -2.04. The number of nitro groups is 1. The minimum atomic E-state index is -0.536. The number of carbonyl (C=O) groups excluding carboxylic acids is 1. The van der Waals surface area contributed by atoms with E-state index >= 15 is 0 Å². The van der Waals surface area contributed by atoms with Crippen LogP contribution in [0.25, 0.3) is 0 Å². The quantitative estimate of drug-likeness (QED) is 0.514. The van der Waals surface area contributed by atoms with Crippen LogP contribution in [-0.4, -0.2) is 21.6 Å². The van der Waals surface area contributed by atoms with Crippen LogP contribution in [0.15, 0.2) is 47.6 Å². The van der Waals surface area contributed by atoms with Crippen LogP contribution in [-0.2, 0) is 0 Å². The molecule has 118 valence electrons. The molecule has 2 rings (SSSR count). The van der Waals surface area contributed by atoms with Gasteiger partial charge in [-0.3, -0.25) is 14.9 Å². The average Bonchev–Trinajstić information content (AvgIpc) is 2.53.